The maximum atomic E-state index is 10.5. The van der Waals surface area contributed by atoms with Crippen molar-refractivity contribution in [1.82, 2.24) is 24.5 Å². The number of aliphatic hydroxyl groups excluding tert-OH is 2. The number of likely N-dealkylation sites (N-methyl/N-ethyl adjacent to an activating group) is 2. The number of methoxy groups -OCH3 is 2. The minimum absolute atomic E-state index is 0.0489. The van der Waals surface area contributed by atoms with Gasteiger partial charge in [-0.1, -0.05) is 0 Å². The highest BCUT2D eigenvalue weighted by molar-refractivity contribution is 7.59. The van der Waals surface area contributed by atoms with Crippen molar-refractivity contribution in [3.05, 3.63) is 80.9 Å². The lowest BCUT2D eigenvalue weighted by atomic mass is 9.99. The highest BCUT2D eigenvalue weighted by Crippen LogP contribution is 2.43. The topological polar surface area (TPSA) is 288 Å². The van der Waals surface area contributed by atoms with Gasteiger partial charge in [0.1, 0.15) is 34.5 Å². The van der Waals surface area contributed by atoms with Gasteiger partial charge in [0.05, 0.1) is 38.6 Å². The second-order valence-electron chi connectivity index (χ2n) is 16.3. The number of hydrogen-bond acceptors (Lipinski definition) is 20. The Morgan fingerprint density at radius 1 is 0.478 bits per heavy atom. The molecular weight excluding hydrogens is 895 g/mol. The van der Waals surface area contributed by atoms with E-state index in [0.29, 0.717) is 96.3 Å². The molecule has 4 aromatic rings. The number of phenols is 8. The van der Waals surface area contributed by atoms with Crippen LogP contribution < -0.4 is 9.47 Å². The SMILES string of the molecule is CN(CCO)Cc1cc(O)c(CN(C)CCO)cc1O.COc1c(O)c(C)c(CN(C)C)c(O)c1CN(C)C.COc1c(O)c(C)cc(O)c1CN(C)C.Cc1cc(O)ccc1O.O=S(=O)=O. The molecule has 0 unspecified atom stereocenters. The van der Waals surface area contributed by atoms with Gasteiger partial charge in [0.25, 0.3) is 0 Å². The zero-order chi connectivity index (χ0) is 51.9. The van der Waals surface area contributed by atoms with Crippen LogP contribution in [0.15, 0.2) is 36.4 Å². The van der Waals surface area contributed by atoms with E-state index in [-0.39, 0.29) is 59.2 Å². The van der Waals surface area contributed by atoms with Crippen molar-refractivity contribution < 1.29 is 73.2 Å². The van der Waals surface area contributed by atoms with Gasteiger partial charge in [-0.05, 0) is 125 Å². The molecule has 21 heteroatoms. The standard InChI is InChI=1S/C14H24N2O4.C14H24N2O3.C11H17NO3.C7H8O2.O3S/c1-15(3-5-17)9-11-7-14(20)12(8-13(11)19)10-16(2)4-6-18;1-9-10(7-15(2)3)13(18)11(8-16(4)5)14(19-6)12(9)17;1-7-5-9(13)8(6-12(2)3)11(15-4)10(7)14;1-5-4-6(8)2-3-7(5)9;1-4(2)3/h7-8,17-20H,3-6,9-10H2,1-2H3;17-18H,7-8H2,1-6H3;5,13-14H,6H2,1-4H3;2-4,8-9H,1H3;. The average Bonchev–Trinajstić information content (AvgIpc) is 3.21. The number of ether oxygens (including phenoxy) is 2. The molecule has 4 aromatic carbocycles. The van der Waals surface area contributed by atoms with E-state index in [1.807, 2.05) is 80.9 Å². The van der Waals surface area contributed by atoms with Crippen molar-refractivity contribution in [1.29, 1.82) is 0 Å². The van der Waals surface area contributed by atoms with E-state index in [1.165, 1.54) is 38.5 Å². The number of nitrogens with zero attached hydrogens (tertiary/aromatic N) is 5. The Bertz CT molecular complexity index is 2210. The molecule has 0 radical (unpaired) electrons. The monoisotopic (exact) mass is 967 g/mol. The quantitative estimate of drug-likeness (QED) is 0.0721. The zero-order valence-electron chi connectivity index (χ0n) is 41.0. The molecule has 0 aliphatic carbocycles. The summed E-state index contributed by atoms with van der Waals surface area (Å²) in [4.78, 5) is 9.48. The van der Waals surface area contributed by atoms with Crippen molar-refractivity contribution in [2.75, 3.05) is 96.9 Å². The molecule has 67 heavy (non-hydrogen) atoms. The number of aromatic hydroxyl groups is 8. The number of aliphatic hydroxyl groups is 2. The minimum Gasteiger partial charge on any atom is -0.508 e. The number of hydrogen-bond donors (Lipinski definition) is 10. The lowest BCUT2D eigenvalue weighted by molar-refractivity contribution is 0.214. The first-order valence-corrected chi connectivity index (χ1v) is 21.7. The van der Waals surface area contributed by atoms with Crippen LogP contribution in [0.4, 0.5) is 0 Å². The van der Waals surface area contributed by atoms with Crippen molar-refractivity contribution in [2.45, 2.75) is 53.5 Å². The summed E-state index contributed by atoms with van der Waals surface area (Å²) in [5, 5.41) is 95.7. The third-order valence-corrected chi connectivity index (χ3v) is 9.53. The first kappa shape index (κ1) is 61.2. The summed E-state index contributed by atoms with van der Waals surface area (Å²) in [5.74, 6) is 1.90. The fourth-order valence-corrected chi connectivity index (χ4v) is 6.24. The van der Waals surface area contributed by atoms with Gasteiger partial charge in [-0.3, -0.25) is 9.80 Å². The number of phenolic OH excluding ortho intramolecular Hbond substituents is 8. The van der Waals surface area contributed by atoms with Crippen LogP contribution in [0.2, 0.25) is 0 Å². The van der Waals surface area contributed by atoms with Gasteiger partial charge in [-0.15, -0.1) is 12.6 Å². The van der Waals surface area contributed by atoms with Crippen LogP contribution in [-0.2, 0) is 43.3 Å². The van der Waals surface area contributed by atoms with Crippen molar-refractivity contribution in [3.8, 4) is 57.5 Å². The lowest BCUT2D eigenvalue weighted by Gasteiger charge is -2.22. The van der Waals surface area contributed by atoms with Gasteiger partial charge in [-0.2, -0.15) is 0 Å². The molecule has 0 aliphatic rings. The molecule has 0 fully saturated rings. The summed E-state index contributed by atoms with van der Waals surface area (Å²) >= 11 is 0. The van der Waals surface area contributed by atoms with Gasteiger partial charge in [0, 0.05) is 68.1 Å². The third kappa shape index (κ3) is 21.6. The Balaban J connectivity index is 0.000000866. The molecule has 0 saturated carbocycles. The normalized spacial score (nSPS) is 10.7. The minimum atomic E-state index is -3.11. The number of rotatable bonds is 16. The predicted octanol–water partition coefficient (Wildman–Crippen LogP) is 3.36. The van der Waals surface area contributed by atoms with Gasteiger partial charge < -0.3 is 75.2 Å². The molecular formula is C46H73N5O15S. The maximum Gasteiger partial charge on any atom is 0.425 e. The van der Waals surface area contributed by atoms with Gasteiger partial charge in [0.2, 0.25) is 0 Å². The van der Waals surface area contributed by atoms with Crippen LogP contribution in [0, 0.1) is 20.8 Å². The number of benzene rings is 4. The molecule has 0 bridgehead atoms. The molecule has 0 aliphatic heterocycles. The Morgan fingerprint density at radius 2 is 0.881 bits per heavy atom. The lowest BCUT2D eigenvalue weighted by Crippen LogP contribution is -2.22. The smallest absolute Gasteiger partial charge is 0.425 e. The highest BCUT2D eigenvalue weighted by Gasteiger charge is 2.23. The van der Waals surface area contributed by atoms with Crippen molar-refractivity contribution in [2.24, 2.45) is 0 Å². The van der Waals surface area contributed by atoms with Crippen LogP contribution in [0.1, 0.15) is 44.5 Å². The molecule has 0 saturated heterocycles. The van der Waals surface area contributed by atoms with Gasteiger partial charge in [-0.25, -0.2) is 0 Å². The van der Waals surface area contributed by atoms with E-state index >= 15 is 0 Å². The van der Waals surface area contributed by atoms with E-state index in [0.717, 1.165) is 5.56 Å². The zero-order valence-corrected chi connectivity index (χ0v) is 41.8. The van der Waals surface area contributed by atoms with Gasteiger partial charge >= 0.3 is 10.6 Å². The van der Waals surface area contributed by atoms with Gasteiger partial charge in [0.15, 0.2) is 23.0 Å². The molecule has 378 valence electrons. The molecule has 0 heterocycles. The summed E-state index contributed by atoms with van der Waals surface area (Å²) in [6.07, 6.45) is 0. The summed E-state index contributed by atoms with van der Waals surface area (Å²) in [6.45, 7) is 8.83. The van der Waals surface area contributed by atoms with Crippen LogP contribution in [0.5, 0.6) is 57.5 Å². The molecule has 0 spiro atoms. The summed E-state index contributed by atoms with van der Waals surface area (Å²) < 4.78 is 35.7. The average molecular weight is 968 g/mol. The molecule has 0 atom stereocenters. The molecule has 20 nitrogen and oxygen atoms in total. The largest absolute Gasteiger partial charge is 0.508 e. The molecule has 4 rings (SSSR count). The summed E-state index contributed by atoms with van der Waals surface area (Å²) in [6, 6.07) is 9.05. The summed E-state index contributed by atoms with van der Waals surface area (Å²) in [5.41, 5.74) is 5.14. The number of aryl methyl sites for hydroxylation is 2. The maximum absolute atomic E-state index is 10.5. The Kier molecular flexibility index (Phi) is 27.9. The first-order chi connectivity index (χ1) is 31.2. The highest BCUT2D eigenvalue weighted by atomic mass is 32.2. The third-order valence-electron chi connectivity index (χ3n) is 9.53. The molecule has 0 aromatic heterocycles. The predicted molar refractivity (Wildman–Crippen MR) is 255 cm³/mol. The van der Waals surface area contributed by atoms with E-state index in [1.54, 1.807) is 32.9 Å². The fraction of sp³-hybridized carbons (Fsp3) is 0.478. The fourth-order valence-electron chi connectivity index (χ4n) is 6.24. The van der Waals surface area contributed by atoms with Crippen molar-refractivity contribution in [3.63, 3.8) is 0 Å². The Labute approximate surface area is 396 Å². The van der Waals surface area contributed by atoms with E-state index in [4.69, 9.17) is 42.5 Å². The Morgan fingerprint density at radius 3 is 1.25 bits per heavy atom. The molecule has 10 N–H and O–H groups in total. The summed E-state index contributed by atoms with van der Waals surface area (Å²) in [7, 11) is 14.9. The first-order valence-electron chi connectivity index (χ1n) is 20.7. The van der Waals surface area contributed by atoms with E-state index in [2.05, 4.69) is 0 Å². The van der Waals surface area contributed by atoms with Crippen molar-refractivity contribution >= 4 is 10.6 Å². The van der Waals surface area contributed by atoms with Crippen LogP contribution in [0.3, 0.4) is 0 Å². The molecule has 0 amide bonds. The second-order valence-corrected chi connectivity index (χ2v) is 16.7. The van der Waals surface area contributed by atoms with Crippen LogP contribution in [-0.4, -0.2) is 185 Å². The Hall–Kier alpha value is -5.78. The van der Waals surface area contributed by atoms with E-state index < -0.39 is 10.6 Å². The van der Waals surface area contributed by atoms with E-state index in [9.17, 15) is 30.6 Å². The van der Waals surface area contributed by atoms with Crippen LogP contribution >= 0.6 is 0 Å². The van der Waals surface area contributed by atoms with Crippen LogP contribution in [0.25, 0.3) is 0 Å². The second kappa shape index (κ2) is 30.5.